The van der Waals surface area contributed by atoms with Gasteiger partial charge < -0.3 is 4.90 Å². The van der Waals surface area contributed by atoms with Crippen LogP contribution in [-0.2, 0) is 6.18 Å². The first kappa shape index (κ1) is 15.4. The number of nitrogens with zero attached hydrogens (tertiary/aromatic N) is 1. The van der Waals surface area contributed by atoms with Crippen molar-refractivity contribution in [2.75, 3.05) is 6.54 Å². The van der Waals surface area contributed by atoms with Crippen LogP contribution >= 0.6 is 15.9 Å². The quantitative estimate of drug-likeness (QED) is 0.738. The van der Waals surface area contributed by atoms with E-state index in [4.69, 9.17) is 0 Å². The maximum atomic E-state index is 12.7. The van der Waals surface area contributed by atoms with Crippen LogP contribution in [0.15, 0.2) is 22.7 Å². The van der Waals surface area contributed by atoms with E-state index in [0.717, 1.165) is 18.6 Å². The zero-order valence-corrected chi connectivity index (χ0v) is 12.8. The van der Waals surface area contributed by atoms with Gasteiger partial charge in [-0.1, -0.05) is 6.92 Å². The molecule has 1 aromatic rings. The number of halogens is 4. The van der Waals surface area contributed by atoms with Crippen molar-refractivity contribution < 1.29 is 18.0 Å². The van der Waals surface area contributed by atoms with E-state index >= 15 is 0 Å². The van der Waals surface area contributed by atoms with Gasteiger partial charge in [-0.2, -0.15) is 13.2 Å². The minimum absolute atomic E-state index is 0.0546. The van der Waals surface area contributed by atoms with Gasteiger partial charge in [0.1, 0.15) is 0 Å². The molecule has 0 radical (unpaired) electrons. The van der Waals surface area contributed by atoms with Crippen LogP contribution in [0, 0.1) is 5.92 Å². The first-order valence-corrected chi connectivity index (χ1v) is 7.17. The summed E-state index contributed by atoms with van der Waals surface area (Å²) in [6.45, 7) is 4.54. The number of amides is 1. The first-order chi connectivity index (χ1) is 9.20. The largest absolute Gasteiger partial charge is 0.416 e. The van der Waals surface area contributed by atoms with Gasteiger partial charge in [-0.15, -0.1) is 0 Å². The molecule has 0 N–H and O–H groups in total. The highest BCUT2D eigenvalue weighted by Gasteiger charge is 2.34. The molecule has 2 rings (SSSR count). The van der Waals surface area contributed by atoms with E-state index < -0.39 is 11.7 Å². The Balaban J connectivity index is 2.35. The lowest BCUT2D eigenvalue weighted by Crippen LogP contribution is -2.34. The summed E-state index contributed by atoms with van der Waals surface area (Å²) in [5.41, 5.74) is -0.732. The minimum atomic E-state index is -4.44. The molecule has 1 heterocycles. The van der Waals surface area contributed by atoms with Crippen LogP contribution in [-0.4, -0.2) is 23.4 Å². The van der Waals surface area contributed by atoms with Gasteiger partial charge in [0.05, 0.1) is 11.1 Å². The van der Waals surface area contributed by atoms with E-state index in [1.165, 1.54) is 6.07 Å². The van der Waals surface area contributed by atoms with Gasteiger partial charge in [0, 0.05) is 17.1 Å². The predicted molar refractivity (Wildman–Crippen MR) is 73.4 cm³/mol. The monoisotopic (exact) mass is 349 g/mol. The maximum absolute atomic E-state index is 12.7. The van der Waals surface area contributed by atoms with Gasteiger partial charge in [-0.25, -0.2) is 0 Å². The molecule has 1 saturated heterocycles. The molecule has 0 aliphatic carbocycles. The van der Waals surface area contributed by atoms with E-state index in [9.17, 15) is 18.0 Å². The number of benzene rings is 1. The van der Waals surface area contributed by atoms with Crippen molar-refractivity contribution in [2.24, 2.45) is 5.92 Å². The summed E-state index contributed by atoms with van der Waals surface area (Å²) in [5, 5.41) is 0. The topological polar surface area (TPSA) is 20.3 Å². The summed E-state index contributed by atoms with van der Waals surface area (Å²) in [4.78, 5) is 14.1. The molecule has 1 aromatic carbocycles. The molecule has 2 unspecified atom stereocenters. The summed E-state index contributed by atoms with van der Waals surface area (Å²) in [6, 6.07) is 3.22. The van der Waals surface area contributed by atoms with Gasteiger partial charge in [0.25, 0.3) is 5.91 Å². The van der Waals surface area contributed by atoms with Crippen LogP contribution in [0.3, 0.4) is 0 Å². The smallest absolute Gasteiger partial charge is 0.336 e. The Morgan fingerprint density at radius 3 is 2.50 bits per heavy atom. The van der Waals surface area contributed by atoms with Gasteiger partial charge in [-0.05, 0) is 53.4 Å². The molecule has 110 valence electrons. The highest BCUT2D eigenvalue weighted by atomic mass is 79.9. The van der Waals surface area contributed by atoms with Crippen LogP contribution in [0.4, 0.5) is 13.2 Å². The van der Waals surface area contributed by atoms with Gasteiger partial charge in [0.15, 0.2) is 0 Å². The number of alkyl halides is 3. The molecule has 0 aromatic heterocycles. The van der Waals surface area contributed by atoms with E-state index in [1.807, 2.05) is 13.8 Å². The number of hydrogen-bond acceptors (Lipinski definition) is 1. The zero-order chi connectivity index (χ0) is 15.1. The molecular formula is C14H15BrF3NO. The van der Waals surface area contributed by atoms with Crippen molar-refractivity contribution in [3.05, 3.63) is 33.8 Å². The fraction of sp³-hybridized carbons (Fsp3) is 0.500. The third kappa shape index (κ3) is 3.00. The molecular weight excluding hydrogens is 335 g/mol. The Kier molecular flexibility index (Phi) is 4.14. The minimum Gasteiger partial charge on any atom is -0.336 e. The molecule has 0 bridgehead atoms. The highest BCUT2D eigenvalue weighted by molar-refractivity contribution is 9.10. The molecule has 0 spiro atoms. The molecule has 1 aliphatic heterocycles. The van der Waals surface area contributed by atoms with Gasteiger partial charge in [0.2, 0.25) is 0 Å². The first-order valence-electron chi connectivity index (χ1n) is 6.38. The summed E-state index contributed by atoms with van der Waals surface area (Å²) in [7, 11) is 0. The molecule has 0 saturated carbocycles. The number of hydrogen-bond donors (Lipinski definition) is 0. The second-order valence-corrected chi connectivity index (χ2v) is 6.19. The van der Waals surface area contributed by atoms with Gasteiger partial charge in [-0.3, -0.25) is 4.79 Å². The lowest BCUT2D eigenvalue weighted by molar-refractivity contribution is -0.137. The lowest BCUT2D eigenvalue weighted by atomic mass is 10.1. The summed E-state index contributed by atoms with van der Waals surface area (Å²) < 4.78 is 38.6. The molecule has 20 heavy (non-hydrogen) atoms. The van der Waals surface area contributed by atoms with Crippen LogP contribution in [0.25, 0.3) is 0 Å². The van der Waals surface area contributed by atoms with Crippen LogP contribution in [0.1, 0.15) is 36.2 Å². The Bertz CT molecular complexity index is 530. The second kappa shape index (κ2) is 5.39. The molecule has 1 amide bonds. The Morgan fingerprint density at radius 1 is 1.35 bits per heavy atom. The normalized spacial score (nSPS) is 23.2. The standard InChI is InChI=1S/C14H15BrF3NO/c1-8-5-9(2)19(7-8)13(20)11-6-10(14(16,17)18)3-4-12(11)15/h3-4,6,8-9H,5,7H2,1-2H3. The summed E-state index contributed by atoms with van der Waals surface area (Å²) in [5.74, 6) is 0.0262. The molecule has 2 atom stereocenters. The van der Waals surface area contributed by atoms with E-state index in [-0.39, 0.29) is 17.5 Å². The average molecular weight is 350 g/mol. The molecule has 1 aliphatic rings. The highest BCUT2D eigenvalue weighted by Crippen LogP contribution is 2.33. The van der Waals surface area contributed by atoms with Crippen molar-refractivity contribution >= 4 is 21.8 Å². The lowest BCUT2D eigenvalue weighted by Gasteiger charge is -2.22. The van der Waals surface area contributed by atoms with Crippen molar-refractivity contribution in [2.45, 2.75) is 32.5 Å². The van der Waals surface area contributed by atoms with Crippen LogP contribution in [0.5, 0.6) is 0 Å². The summed E-state index contributed by atoms with van der Waals surface area (Å²) in [6.07, 6.45) is -3.57. The Hall–Kier alpha value is -1.04. The number of rotatable bonds is 1. The van der Waals surface area contributed by atoms with Crippen molar-refractivity contribution in [3.8, 4) is 0 Å². The van der Waals surface area contributed by atoms with Crippen molar-refractivity contribution in [3.63, 3.8) is 0 Å². The molecule has 6 heteroatoms. The van der Waals surface area contributed by atoms with E-state index in [1.54, 1.807) is 4.90 Å². The van der Waals surface area contributed by atoms with Crippen molar-refractivity contribution in [1.82, 2.24) is 4.90 Å². The second-order valence-electron chi connectivity index (χ2n) is 5.34. The van der Waals surface area contributed by atoms with Crippen LogP contribution < -0.4 is 0 Å². The number of likely N-dealkylation sites (tertiary alicyclic amines) is 1. The Morgan fingerprint density at radius 2 is 2.00 bits per heavy atom. The van der Waals surface area contributed by atoms with Gasteiger partial charge >= 0.3 is 6.18 Å². The van der Waals surface area contributed by atoms with E-state index in [0.29, 0.717) is 16.9 Å². The maximum Gasteiger partial charge on any atom is 0.416 e. The number of carbonyl (C=O) groups is 1. The van der Waals surface area contributed by atoms with Crippen LogP contribution in [0.2, 0.25) is 0 Å². The fourth-order valence-corrected chi connectivity index (χ4v) is 3.02. The third-order valence-electron chi connectivity index (χ3n) is 3.57. The molecule has 2 nitrogen and oxygen atoms in total. The Labute approximate surface area is 124 Å². The van der Waals surface area contributed by atoms with E-state index in [2.05, 4.69) is 15.9 Å². The predicted octanol–water partition coefficient (Wildman–Crippen LogP) is 4.34. The summed E-state index contributed by atoms with van der Waals surface area (Å²) >= 11 is 3.17. The third-order valence-corrected chi connectivity index (χ3v) is 4.26. The van der Waals surface area contributed by atoms with Crippen molar-refractivity contribution in [1.29, 1.82) is 0 Å². The average Bonchev–Trinajstić information content (AvgIpc) is 2.66. The fourth-order valence-electron chi connectivity index (χ4n) is 2.60. The zero-order valence-electron chi connectivity index (χ0n) is 11.2. The molecule has 1 fully saturated rings. The number of carbonyl (C=O) groups excluding carboxylic acids is 1. The SMILES string of the molecule is CC1CC(C)N(C(=O)c2cc(C(F)(F)F)ccc2Br)C1.